The molecule has 29 heavy (non-hydrogen) atoms. The van der Waals surface area contributed by atoms with Crippen LogP contribution >= 0.6 is 0 Å². The number of para-hydroxylation sites is 1. The van der Waals surface area contributed by atoms with E-state index in [-0.39, 0.29) is 66.6 Å². The van der Waals surface area contributed by atoms with Gasteiger partial charge in [-0.25, -0.2) is 16.8 Å². The van der Waals surface area contributed by atoms with Crippen LogP contribution in [0.1, 0.15) is 32.3 Å². The summed E-state index contributed by atoms with van der Waals surface area (Å²) in [6, 6.07) is 13.5. The Labute approximate surface area is 199 Å². The topological polar surface area (TPSA) is 73.2 Å². The van der Waals surface area contributed by atoms with Crippen molar-refractivity contribution >= 4 is 30.6 Å². The molecule has 0 fully saturated rings. The molecule has 3 rings (SSSR count). The van der Waals surface area contributed by atoms with E-state index < -0.39 is 19.7 Å². The molecule has 1 aromatic heterocycles. The Morgan fingerprint density at radius 1 is 0.931 bits per heavy atom. The van der Waals surface area contributed by atoms with Crippen molar-refractivity contribution in [2.75, 3.05) is 5.75 Å². The number of hydrogen-bond donors (Lipinski definition) is 0. The van der Waals surface area contributed by atoms with Gasteiger partial charge in [0, 0.05) is 45.1 Å². The van der Waals surface area contributed by atoms with Gasteiger partial charge in [0.2, 0.25) is 9.84 Å². The van der Waals surface area contributed by atoms with Gasteiger partial charge in [0.05, 0.1) is 16.2 Å². The number of sulfone groups is 2. The number of rotatable bonds is 5. The van der Waals surface area contributed by atoms with Gasteiger partial charge in [-0.05, 0) is 29.7 Å². The van der Waals surface area contributed by atoms with Crippen molar-refractivity contribution in [3.8, 4) is 0 Å². The zero-order valence-corrected chi connectivity index (χ0v) is 21.8. The molecule has 0 saturated heterocycles. The molecule has 0 saturated carbocycles. The predicted molar refractivity (Wildman–Crippen MR) is 113 cm³/mol. The minimum Gasteiger partial charge on any atom is -0.358 e. The summed E-state index contributed by atoms with van der Waals surface area (Å²) in [5.74, 6) is 0.103. The molecule has 0 aliphatic heterocycles. The summed E-state index contributed by atoms with van der Waals surface area (Å²) in [4.78, 5) is -0.0265. The van der Waals surface area contributed by atoms with E-state index in [9.17, 15) is 16.8 Å². The van der Waals surface area contributed by atoms with Crippen molar-refractivity contribution in [3.05, 3.63) is 61.5 Å². The number of nitrogens with zero attached hydrogens (tertiary/aromatic N) is 1. The van der Waals surface area contributed by atoms with Gasteiger partial charge in [-0.3, -0.25) is 0 Å². The second kappa shape index (κ2) is 9.42. The fourth-order valence-corrected chi connectivity index (χ4v) is 6.67. The van der Waals surface area contributed by atoms with Crippen LogP contribution in [0.5, 0.6) is 0 Å². The van der Waals surface area contributed by atoms with Crippen LogP contribution in [0.15, 0.2) is 63.3 Å². The van der Waals surface area contributed by atoms with Gasteiger partial charge in [0.15, 0.2) is 14.9 Å². The van der Waals surface area contributed by atoms with Gasteiger partial charge < -0.3 is 12.0 Å². The Morgan fingerprint density at radius 3 is 2.00 bits per heavy atom. The Kier molecular flexibility index (Phi) is 8.45. The van der Waals surface area contributed by atoms with E-state index in [0.717, 1.165) is 5.56 Å². The van der Waals surface area contributed by atoms with E-state index in [0.29, 0.717) is 10.9 Å². The molecule has 3 aromatic rings. The van der Waals surface area contributed by atoms with Gasteiger partial charge in [0.25, 0.3) is 0 Å². The van der Waals surface area contributed by atoms with Crippen LogP contribution in [0, 0.1) is 7.43 Å². The maximum Gasteiger partial charge on any atom is 0.223 e. The third-order valence-electron chi connectivity index (χ3n) is 4.81. The van der Waals surface area contributed by atoms with Crippen LogP contribution in [0.25, 0.3) is 10.9 Å². The van der Waals surface area contributed by atoms with Crippen LogP contribution in [-0.2, 0) is 59.4 Å². The van der Waals surface area contributed by atoms with Crippen molar-refractivity contribution in [3.63, 3.8) is 0 Å². The van der Waals surface area contributed by atoms with Gasteiger partial charge in [-0.1, -0.05) is 51.1 Å². The van der Waals surface area contributed by atoms with Crippen LogP contribution < -0.4 is 0 Å². The van der Waals surface area contributed by atoms with E-state index in [1.54, 1.807) is 55.6 Å². The van der Waals surface area contributed by atoms with Crippen LogP contribution in [0.4, 0.5) is 0 Å². The van der Waals surface area contributed by atoms with Crippen LogP contribution in [0.3, 0.4) is 0 Å². The first kappa shape index (κ1) is 26.0. The molecule has 0 bridgehead atoms. The summed E-state index contributed by atoms with van der Waals surface area (Å²) in [5.41, 5.74) is 1.59. The summed E-state index contributed by atoms with van der Waals surface area (Å²) >= 11 is 0. The minimum absolute atomic E-state index is 0. The van der Waals surface area contributed by atoms with Gasteiger partial charge >= 0.3 is 0 Å². The maximum absolute atomic E-state index is 13.4. The van der Waals surface area contributed by atoms with Crippen molar-refractivity contribution in [2.24, 2.45) is 7.05 Å². The molecule has 2 aromatic carbocycles. The monoisotopic (exact) mass is 509 g/mol. The Bertz CT molecular complexity index is 1210. The first-order valence-corrected chi connectivity index (χ1v) is 11.9. The third-order valence-corrected chi connectivity index (χ3v) is 8.62. The quantitative estimate of drug-likeness (QED) is 0.479. The van der Waals surface area contributed by atoms with E-state index >= 15 is 0 Å². The molecule has 155 valence electrons. The number of hydrogen-bond acceptors (Lipinski definition) is 4. The first-order chi connectivity index (χ1) is 12.6. The Hall–Kier alpha value is -1.02. The normalized spacial score (nSPS) is 11.9. The molecule has 5 nitrogen and oxygen atoms in total. The third kappa shape index (κ3) is 4.53. The molecule has 0 unspecified atom stereocenters. The van der Waals surface area contributed by atoms with Gasteiger partial charge in [-0.15, -0.1) is 0 Å². The second-order valence-electron chi connectivity index (χ2n) is 6.84. The molecule has 0 aliphatic rings. The van der Waals surface area contributed by atoms with Crippen molar-refractivity contribution in [2.45, 2.75) is 41.5 Å². The van der Waals surface area contributed by atoms with Gasteiger partial charge in [0.1, 0.15) is 4.90 Å². The zero-order valence-electron chi connectivity index (χ0n) is 17.4. The number of fused-ring (bicyclic) bond motifs is 1. The SMILES string of the molecule is CCS(=O)(=O)c1c(S(=O)(=O)c2ccc(C(C)C)cc2)n(C)c2ccccc12.[CH3-].[Y]. The van der Waals surface area contributed by atoms with E-state index in [1.165, 1.54) is 11.5 Å². The second-order valence-corrected chi connectivity index (χ2v) is 10.9. The molecular formula is C21H26NO4S2Y-. The standard InChI is InChI=1S/C20H23NO4S2.CH3.Y/c1-5-26(22,23)19-17-8-6-7-9-18(17)21(4)20(19)27(24,25)16-12-10-15(11-13-16)14(2)3;;/h6-14H,5H2,1-4H3;1H3;/q;-1;. The smallest absolute Gasteiger partial charge is 0.223 e. The molecule has 0 aliphatic carbocycles. The zero-order chi connectivity index (χ0) is 20.0. The maximum atomic E-state index is 13.4. The molecule has 0 spiro atoms. The summed E-state index contributed by atoms with van der Waals surface area (Å²) in [6.45, 7) is 5.57. The molecule has 1 radical (unpaired) electrons. The summed E-state index contributed by atoms with van der Waals surface area (Å²) in [6.07, 6.45) is 0. The van der Waals surface area contributed by atoms with Gasteiger partial charge in [-0.2, -0.15) is 0 Å². The Morgan fingerprint density at radius 2 is 1.48 bits per heavy atom. The molecule has 1 heterocycles. The number of aryl methyl sites for hydroxylation is 1. The summed E-state index contributed by atoms with van der Waals surface area (Å²) in [5, 5.41) is 0.252. The molecule has 8 heteroatoms. The molecule has 0 atom stereocenters. The molecular weight excluding hydrogens is 483 g/mol. The summed E-state index contributed by atoms with van der Waals surface area (Å²) < 4.78 is 53.9. The average Bonchev–Trinajstić information content (AvgIpc) is 2.96. The van der Waals surface area contributed by atoms with Crippen LogP contribution in [0.2, 0.25) is 0 Å². The van der Waals surface area contributed by atoms with E-state index in [4.69, 9.17) is 0 Å². The fourth-order valence-electron chi connectivity index (χ4n) is 3.23. The predicted octanol–water partition coefficient (Wildman–Crippen LogP) is 4.38. The number of benzene rings is 2. The summed E-state index contributed by atoms with van der Waals surface area (Å²) in [7, 11) is -6.17. The van der Waals surface area contributed by atoms with Crippen LogP contribution in [-0.4, -0.2) is 27.2 Å². The van der Waals surface area contributed by atoms with Crippen molar-refractivity contribution in [1.29, 1.82) is 0 Å². The molecule has 0 amide bonds. The van der Waals surface area contributed by atoms with E-state index in [1.807, 2.05) is 13.8 Å². The Balaban J connectivity index is 0.00000210. The average molecular weight is 509 g/mol. The van der Waals surface area contributed by atoms with Crippen molar-refractivity contribution in [1.82, 2.24) is 4.57 Å². The number of aromatic nitrogens is 1. The largest absolute Gasteiger partial charge is 0.358 e. The first-order valence-electron chi connectivity index (χ1n) is 8.76. The van der Waals surface area contributed by atoms with E-state index in [2.05, 4.69) is 0 Å². The minimum atomic E-state index is -4.01. The fraction of sp³-hybridized carbons (Fsp3) is 0.286. The van der Waals surface area contributed by atoms with Crippen molar-refractivity contribution < 1.29 is 49.5 Å². The molecule has 0 N–H and O–H groups in total.